The van der Waals surface area contributed by atoms with Crippen LogP contribution in [0.4, 0.5) is 4.39 Å². The third kappa shape index (κ3) is 2.90. The summed E-state index contributed by atoms with van der Waals surface area (Å²) in [6, 6.07) is 6.55. The van der Waals surface area contributed by atoms with E-state index < -0.39 is 0 Å². The lowest BCUT2D eigenvalue weighted by molar-refractivity contribution is 0.530. The summed E-state index contributed by atoms with van der Waals surface area (Å²) >= 11 is 0. The molecule has 0 spiro atoms. The summed E-state index contributed by atoms with van der Waals surface area (Å²) in [5.74, 6) is -0.296. The summed E-state index contributed by atoms with van der Waals surface area (Å²) < 4.78 is 13.8. The van der Waals surface area contributed by atoms with E-state index in [0.717, 1.165) is 18.5 Å². The highest BCUT2D eigenvalue weighted by molar-refractivity contribution is 5.26. The fraction of sp³-hybridized carbons (Fsp3) is 0.286. The van der Waals surface area contributed by atoms with Gasteiger partial charge in [0.05, 0.1) is 11.7 Å². The van der Waals surface area contributed by atoms with Crippen LogP contribution < -0.4 is 5.32 Å². The predicted molar refractivity (Wildman–Crippen MR) is 68.6 cm³/mol. The fourth-order valence-corrected chi connectivity index (χ4v) is 1.82. The molecular weight excluding hydrogens is 229 g/mol. The van der Waals surface area contributed by atoms with E-state index in [9.17, 15) is 4.39 Å². The summed E-state index contributed by atoms with van der Waals surface area (Å²) in [7, 11) is 0. The molecule has 1 unspecified atom stereocenters. The number of hydrogen-bond acceptors (Lipinski definition) is 3. The predicted octanol–water partition coefficient (Wildman–Crippen LogP) is 2.70. The number of hydrogen-bond donors (Lipinski definition) is 1. The van der Waals surface area contributed by atoms with E-state index in [2.05, 4.69) is 22.2 Å². The standard InChI is InChI=1S/C14H16FN3/c1-2-7-17-13(11-5-3-8-16-10-11)14-12(15)6-4-9-18-14/h3-6,8-10,13,17H,2,7H2,1H3. The first-order valence-corrected chi connectivity index (χ1v) is 6.06. The van der Waals surface area contributed by atoms with Gasteiger partial charge in [0.15, 0.2) is 0 Å². The van der Waals surface area contributed by atoms with E-state index in [1.165, 1.54) is 6.07 Å². The molecule has 0 aromatic carbocycles. The molecule has 2 aromatic rings. The molecule has 2 rings (SSSR count). The van der Waals surface area contributed by atoms with E-state index >= 15 is 0 Å². The minimum Gasteiger partial charge on any atom is -0.305 e. The van der Waals surface area contributed by atoms with Crippen molar-refractivity contribution in [2.75, 3.05) is 6.54 Å². The zero-order chi connectivity index (χ0) is 12.8. The normalized spacial score (nSPS) is 12.3. The van der Waals surface area contributed by atoms with E-state index in [0.29, 0.717) is 5.69 Å². The van der Waals surface area contributed by atoms with E-state index in [1.54, 1.807) is 24.7 Å². The highest BCUT2D eigenvalue weighted by Crippen LogP contribution is 2.21. The monoisotopic (exact) mass is 245 g/mol. The van der Waals surface area contributed by atoms with Crippen molar-refractivity contribution >= 4 is 0 Å². The van der Waals surface area contributed by atoms with Crippen LogP contribution in [0.3, 0.4) is 0 Å². The van der Waals surface area contributed by atoms with Gasteiger partial charge in [-0.3, -0.25) is 9.97 Å². The first kappa shape index (κ1) is 12.6. The Morgan fingerprint density at radius 2 is 2.11 bits per heavy atom. The Bertz CT molecular complexity index is 487. The molecule has 1 atom stereocenters. The molecule has 18 heavy (non-hydrogen) atoms. The Kier molecular flexibility index (Phi) is 4.36. The smallest absolute Gasteiger partial charge is 0.146 e. The number of nitrogens with one attached hydrogen (secondary N) is 1. The molecule has 0 bridgehead atoms. The van der Waals surface area contributed by atoms with Crippen LogP contribution in [0.2, 0.25) is 0 Å². The number of aromatic nitrogens is 2. The van der Waals surface area contributed by atoms with Crippen molar-refractivity contribution in [1.82, 2.24) is 15.3 Å². The number of rotatable bonds is 5. The van der Waals surface area contributed by atoms with Crippen LogP contribution in [0.1, 0.15) is 30.6 Å². The van der Waals surface area contributed by atoms with Gasteiger partial charge in [-0.05, 0) is 36.7 Å². The SMILES string of the molecule is CCCNC(c1cccnc1)c1ncccc1F. The second-order valence-electron chi connectivity index (χ2n) is 4.04. The number of nitrogens with zero attached hydrogens (tertiary/aromatic N) is 2. The second-order valence-corrected chi connectivity index (χ2v) is 4.04. The third-order valence-electron chi connectivity index (χ3n) is 2.68. The fourth-order valence-electron chi connectivity index (χ4n) is 1.82. The minimum absolute atomic E-state index is 0.250. The zero-order valence-corrected chi connectivity index (χ0v) is 10.3. The number of halogens is 1. The van der Waals surface area contributed by atoms with Crippen molar-refractivity contribution in [2.45, 2.75) is 19.4 Å². The largest absolute Gasteiger partial charge is 0.305 e. The lowest BCUT2D eigenvalue weighted by Crippen LogP contribution is -2.25. The average molecular weight is 245 g/mol. The Morgan fingerprint density at radius 3 is 2.78 bits per heavy atom. The highest BCUT2D eigenvalue weighted by atomic mass is 19.1. The quantitative estimate of drug-likeness (QED) is 0.880. The Balaban J connectivity index is 2.34. The Labute approximate surface area is 106 Å². The molecule has 0 radical (unpaired) electrons. The molecular formula is C14H16FN3. The maximum atomic E-state index is 13.8. The van der Waals surface area contributed by atoms with Crippen LogP contribution in [-0.4, -0.2) is 16.5 Å². The van der Waals surface area contributed by atoms with Crippen molar-refractivity contribution in [3.05, 3.63) is 59.9 Å². The molecule has 2 heterocycles. The topological polar surface area (TPSA) is 37.8 Å². The van der Waals surface area contributed by atoms with Crippen molar-refractivity contribution < 1.29 is 4.39 Å². The first-order chi connectivity index (χ1) is 8.83. The van der Waals surface area contributed by atoms with Crippen LogP contribution in [0, 0.1) is 5.82 Å². The molecule has 0 aliphatic rings. The maximum Gasteiger partial charge on any atom is 0.146 e. The Hall–Kier alpha value is -1.81. The van der Waals surface area contributed by atoms with Gasteiger partial charge in [0, 0.05) is 18.6 Å². The van der Waals surface area contributed by atoms with Gasteiger partial charge in [-0.2, -0.15) is 0 Å². The van der Waals surface area contributed by atoms with Gasteiger partial charge < -0.3 is 5.32 Å². The van der Waals surface area contributed by atoms with Gasteiger partial charge in [-0.25, -0.2) is 4.39 Å². The summed E-state index contributed by atoms with van der Waals surface area (Å²) in [6.07, 6.45) is 6.03. The molecule has 4 heteroatoms. The van der Waals surface area contributed by atoms with Gasteiger partial charge in [0.25, 0.3) is 0 Å². The maximum absolute atomic E-state index is 13.8. The van der Waals surface area contributed by atoms with Gasteiger partial charge in [0.2, 0.25) is 0 Å². The first-order valence-electron chi connectivity index (χ1n) is 6.06. The lowest BCUT2D eigenvalue weighted by Gasteiger charge is -2.18. The molecule has 1 N–H and O–H groups in total. The zero-order valence-electron chi connectivity index (χ0n) is 10.3. The van der Waals surface area contributed by atoms with Crippen molar-refractivity contribution in [3.63, 3.8) is 0 Å². The van der Waals surface area contributed by atoms with E-state index in [1.807, 2.05) is 12.1 Å². The lowest BCUT2D eigenvalue weighted by atomic mass is 10.0. The highest BCUT2D eigenvalue weighted by Gasteiger charge is 2.18. The summed E-state index contributed by atoms with van der Waals surface area (Å²) in [4.78, 5) is 8.22. The average Bonchev–Trinajstić information content (AvgIpc) is 2.42. The van der Waals surface area contributed by atoms with Gasteiger partial charge in [0.1, 0.15) is 5.82 Å². The number of pyridine rings is 2. The third-order valence-corrected chi connectivity index (χ3v) is 2.68. The molecule has 0 amide bonds. The second kappa shape index (κ2) is 6.21. The molecule has 0 aliphatic heterocycles. The van der Waals surface area contributed by atoms with Crippen molar-refractivity contribution in [3.8, 4) is 0 Å². The van der Waals surface area contributed by atoms with Gasteiger partial charge in [-0.1, -0.05) is 13.0 Å². The van der Waals surface area contributed by atoms with Crippen molar-refractivity contribution in [2.24, 2.45) is 0 Å². The van der Waals surface area contributed by atoms with E-state index in [4.69, 9.17) is 0 Å². The van der Waals surface area contributed by atoms with Crippen LogP contribution in [-0.2, 0) is 0 Å². The molecule has 0 aliphatic carbocycles. The Morgan fingerprint density at radius 1 is 1.28 bits per heavy atom. The van der Waals surface area contributed by atoms with Crippen LogP contribution >= 0.6 is 0 Å². The molecule has 0 fully saturated rings. The molecule has 2 aromatic heterocycles. The molecule has 3 nitrogen and oxygen atoms in total. The summed E-state index contributed by atoms with van der Waals surface area (Å²) in [5.41, 5.74) is 1.34. The van der Waals surface area contributed by atoms with Gasteiger partial charge >= 0.3 is 0 Å². The van der Waals surface area contributed by atoms with E-state index in [-0.39, 0.29) is 11.9 Å². The van der Waals surface area contributed by atoms with Crippen LogP contribution in [0.5, 0.6) is 0 Å². The van der Waals surface area contributed by atoms with Gasteiger partial charge in [-0.15, -0.1) is 0 Å². The van der Waals surface area contributed by atoms with Crippen LogP contribution in [0.25, 0.3) is 0 Å². The molecule has 0 saturated carbocycles. The van der Waals surface area contributed by atoms with Crippen molar-refractivity contribution in [1.29, 1.82) is 0 Å². The summed E-state index contributed by atoms with van der Waals surface area (Å²) in [5, 5.41) is 3.30. The summed E-state index contributed by atoms with van der Waals surface area (Å²) in [6.45, 7) is 2.87. The van der Waals surface area contributed by atoms with Crippen LogP contribution in [0.15, 0.2) is 42.9 Å². The molecule has 94 valence electrons. The minimum atomic E-state index is -0.296. The molecule has 0 saturated heterocycles.